The van der Waals surface area contributed by atoms with Crippen LogP contribution >= 0.6 is 0 Å². The number of rotatable bonds is 12. The third kappa shape index (κ3) is 5.13. The fourth-order valence-corrected chi connectivity index (χ4v) is 4.98. The number of hydrogen-bond acceptors (Lipinski definition) is 3. The number of para-hydroxylation sites is 1. The highest BCUT2D eigenvalue weighted by Gasteiger charge is 2.46. The third-order valence-electron chi connectivity index (χ3n) is 7.07. The highest BCUT2D eigenvalue weighted by atomic mass is 16.5. The maximum Gasteiger partial charge on any atom is 0.255 e. The molecule has 3 atom stereocenters. The number of fused-ring (bicyclic) bond motifs is 2. The van der Waals surface area contributed by atoms with E-state index < -0.39 is 6.04 Å². The normalized spacial score (nSPS) is 16.9. The molecule has 6 heteroatoms. The topological polar surface area (TPSA) is 74.4 Å². The fraction of sp³-hybridized carbons (Fsp3) is 0.448. The highest BCUT2D eigenvalue weighted by molar-refractivity contribution is 6.03. The maximum atomic E-state index is 13.8. The summed E-state index contributed by atoms with van der Waals surface area (Å²) < 4.78 is 5.63. The van der Waals surface area contributed by atoms with E-state index in [0.717, 1.165) is 54.3 Å². The average molecular weight is 476 g/mol. The lowest BCUT2D eigenvalue weighted by molar-refractivity contribution is -0.127. The van der Waals surface area contributed by atoms with Crippen molar-refractivity contribution in [3.63, 3.8) is 0 Å². The van der Waals surface area contributed by atoms with Crippen LogP contribution in [-0.4, -0.2) is 47.5 Å². The summed E-state index contributed by atoms with van der Waals surface area (Å²) >= 11 is 0. The molecule has 1 aliphatic rings. The zero-order valence-corrected chi connectivity index (χ0v) is 21.0. The van der Waals surface area contributed by atoms with Gasteiger partial charge in [-0.25, -0.2) is 0 Å². The molecule has 2 aromatic carbocycles. The van der Waals surface area contributed by atoms with Crippen LogP contribution in [0.5, 0.6) is 0 Å². The number of amides is 2. The van der Waals surface area contributed by atoms with E-state index in [2.05, 4.69) is 37.1 Å². The highest BCUT2D eigenvalue weighted by Crippen LogP contribution is 2.43. The van der Waals surface area contributed by atoms with Crippen LogP contribution in [-0.2, 0) is 9.53 Å². The molecule has 0 aliphatic carbocycles. The van der Waals surface area contributed by atoms with Gasteiger partial charge in [0.25, 0.3) is 5.91 Å². The Labute approximate surface area is 208 Å². The molecule has 0 saturated heterocycles. The summed E-state index contributed by atoms with van der Waals surface area (Å²) in [6.07, 6.45) is 5.69. The zero-order chi connectivity index (χ0) is 24.8. The van der Waals surface area contributed by atoms with Crippen LogP contribution in [0.1, 0.15) is 74.0 Å². The largest absolute Gasteiger partial charge is 0.381 e. The monoisotopic (exact) mass is 475 g/mol. The SMILES string of the molecule is CCCCOCCCNC(=O)C(C(C)CC)N1C(=O)c2ccccc2C1c1c[nH]c2ccccc12. The van der Waals surface area contributed by atoms with Crippen molar-refractivity contribution in [3.05, 3.63) is 71.4 Å². The van der Waals surface area contributed by atoms with E-state index in [9.17, 15) is 9.59 Å². The summed E-state index contributed by atoms with van der Waals surface area (Å²) in [5.74, 6) is -0.181. The first kappa shape index (κ1) is 25.0. The van der Waals surface area contributed by atoms with Crippen molar-refractivity contribution < 1.29 is 14.3 Å². The van der Waals surface area contributed by atoms with Gasteiger partial charge in [-0.1, -0.05) is 70.0 Å². The van der Waals surface area contributed by atoms with Crippen LogP contribution in [0.4, 0.5) is 0 Å². The van der Waals surface area contributed by atoms with Crippen molar-refractivity contribution in [2.75, 3.05) is 19.8 Å². The predicted octanol–water partition coefficient (Wildman–Crippen LogP) is 5.45. The van der Waals surface area contributed by atoms with Gasteiger partial charge in [-0.05, 0) is 36.5 Å². The molecular formula is C29H37N3O3. The molecule has 0 fully saturated rings. The second kappa shape index (κ2) is 11.5. The Balaban J connectivity index is 1.62. The molecule has 4 rings (SSSR count). The van der Waals surface area contributed by atoms with Crippen molar-refractivity contribution in [2.24, 2.45) is 5.92 Å². The summed E-state index contributed by atoms with van der Waals surface area (Å²) in [6.45, 7) is 8.18. The van der Waals surface area contributed by atoms with Gasteiger partial charge in [0.15, 0.2) is 0 Å². The van der Waals surface area contributed by atoms with E-state index in [1.807, 2.05) is 53.6 Å². The predicted molar refractivity (Wildman–Crippen MR) is 139 cm³/mol. The fourth-order valence-electron chi connectivity index (χ4n) is 4.98. The molecule has 0 spiro atoms. The van der Waals surface area contributed by atoms with E-state index in [1.165, 1.54) is 0 Å². The van der Waals surface area contributed by atoms with Crippen LogP contribution in [0.25, 0.3) is 10.9 Å². The molecule has 186 valence electrons. The molecule has 6 nitrogen and oxygen atoms in total. The third-order valence-corrected chi connectivity index (χ3v) is 7.07. The Bertz CT molecular complexity index is 1150. The van der Waals surface area contributed by atoms with Gasteiger partial charge in [0.1, 0.15) is 6.04 Å². The molecule has 35 heavy (non-hydrogen) atoms. The molecule has 0 saturated carbocycles. The van der Waals surface area contributed by atoms with Crippen LogP contribution in [0.3, 0.4) is 0 Å². The van der Waals surface area contributed by atoms with Crippen LogP contribution in [0.15, 0.2) is 54.7 Å². The Hall–Kier alpha value is -3.12. The number of nitrogens with one attached hydrogen (secondary N) is 2. The number of nitrogens with zero attached hydrogens (tertiary/aromatic N) is 1. The quantitative estimate of drug-likeness (QED) is 0.342. The minimum absolute atomic E-state index is 0.00164. The van der Waals surface area contributed by atoms with Crippen molar-refractivity contribution >= 4 is 22.7 Å². The van der Waals surface area contributed by atoms with Gasteiger partial charge in [0.05, 0.1) is 6.04 Å². The Morgan fingerprint density at radius 3 is 2.60 bits per heavy atom. The van der Waals surface area contributed by atoms with Crippen molar-refractivity contribution in [1.29, 1.82) is 0 Å². The molecular weight excluding hydrogens is 438 g/mol. The minimum atomic E-state index is -0.570. The number of carbonyl (C=O) groups excluding carboxylic acids is 2. The molecule has 0 bridgehead atoms. The first-order chi connectivity index (χ1) is 17.1. The Morgan fingerprint density at radius 2 is 1.80 bits per heavy atom. The number of hydrogen-bond donors (Lipinski definition) is 2. The van der Waals surface area contributed by atoms with Gasteiger partial charge in [0, 0.05) is 48.0 Å². The second-order valence-electron chi connectivity index (χ2n) is 9.43. The van der Waals surface area contributed by atoms with E-state index >= 15 is 0 Å². The van der Waals surface area contributed by atoms with Crippen LogP contribution < -0.4 is 5.32 Å². The molecule has 3 unspecified atom stereocenters. The zero-order valence-electron chi connectivity index (χ0n) is 21.0. The van der Waals surface area contributed by atoms with E-state index in [-0.39, 0.29) is 23.8 Å². The van der Waals surface area contributed by atoms with Crippen molar-refractivity contribution in [3.8, 4) is 0 Å². The van der Waals surface area contributed by atoms with Crippen LogP contribution in [0.2, 0.25) is 0 Å². The van der Waals surface area contributed by atoms with Gasteiger partial charge in [0.2, 0.25) is 5.91 Å². The number of benzene rings is 2. The lowest BCUT2D eigenvalue weighted by atomic mass is 9.92. The first-order valence-corrected chi connectivity index (χ1v) is 12.9. The van der Waals surface area contributed by atoms with E-state index in [4.69, 9.17) is 4.74 Å². The van der Waals surface area contributed by atoms with E-state index in [0.29, 0.717) is 18.7 Å². The van der Waals surface area contributed by atoms with Crippen molar-refractivity contribution in [1.82, 2.24) is 15.2 Å². The molecule has 1 aliphatic heterocycles. The lowest BCUT2D eigenvalue weighted by Gasteiger charge is -2.36. The molecule has 3 aromatic rings. The minimum Gasteiger partial charge on any atom is -0.381 e. The molecule has 2 amide bonds. The standard InChI is InChI=1S/C29H37N3O3/c1-4-6-17-35-18-11-16-30-28(33)26(20(3)5-2)32-27(22-13-7-8-14-23(22)29(32)34)24-19-31-25-15-10-9-12-21(24)25/h7-10,12-15,19-20,26-27,31H,4-6,11,16-18H2,1-3H3,(H,30,33). The van der Waals surface area contributed by atoms with Gasteiger partial charge in [-0.3, -0.25) is 9.59 Å². The maximum absolute atomic E-state index is 13.8. The van der Waals surface area contributed by atoms with Gasteiger partial charge >= 0.3 is 0 Å². The van der Waals surface area contributed by atoms with Crippen molar-refractivity contribution in [2.45, 2.75) is 58.5 Å². The average Bonchev–Trinajstić information content (AvgIpc) is 3.42. The number of unbranched alkanes of at least 4 members (excludes halogenated alkanes) is 1. The number of H-pyrrole nitrogens is 1. The number of ether oxygens (including phenoxy) is 1. The van der Waals surface area contributed by atoms with Gasteiger partial charge < -0.3 is 19.9 Å². The lowest BCUT2D eigenvalue weighted by Crippen LogP contribution is -2.52. The molecule has 2 N–H and O–H groups in total. The van der Waals surface area contributed by atoms with Gasteiger partial charge in [-0.2, -0.15) is 0 Å². The summed E-state index contributed by atoms with van der Waals surface area (Å²) in [7, 11) is 0. The summed E-state index contributed by atoms with van der Waals surface area (Å²) in [5, 5.41) is 4.16. The molecule has 2 heterocycles. The summed E-state index contributed by atoms with van der Waals surface area (Å²) in [4.78, 5) is 32.6. The van der Waals surface area contributed by atoms with Gasteiger partial charge in [-0.15, -0.1) is 0 Å². The Kier molecular flexibility index (Phi) is 8.24. The summed E-state index contributed by atoms with van der Waals surface area (Å²) in [6, 6.07) is 15.0. The number of aromatic nitrogens is 1. The number of carbonyl (C=O) groups is 2. The molecule has 0 radical (unpaired) electrons. The first-order valence-electron chi connectivity index (χ1n) is 12.9. The van der Waals surface area contributed by atoms with E-state index in [1.54, 1.807) is 0 Å². The molecule has 1 aromatic heterocycles. The van der Waals surface area contributed by atoms with Crippen LogP contribution in [0, 0.1) is 5.92 Å². The number of aromatic amines is 1. The summed E-state index contributed by atoms with van der Waals surface area (Å²) in [5.41, 5.74) is 3.66. The second-order valence-corrected chi connectivity index (χ2v) is 9.43. The Morgan fingerprint density at radius 1 is 1.06 bits per heavy atom. The smallest absolute Gasteiger partial charge is 0.255 e.